The van der Waals surface area contributed by atoms with Gasteiger partial charge in [0.2, 0.25) is 0 Å². The number of nitrogens with zero attached hydrogens (tertiary/aromatic N) is 1. The second kappa shape index (κ2) is 5.81. The van der Waals surface area contributed by atoms with Crippen LogP contribution in [0.1, 0.15) is 24.4 Å². The van der Waals surface area contributed by atoms with Gasteiger partial charge >= 0.3 is 0 Å². The van der Waals surface area contributed by atoms with E-state index in [0.717, 1.165) is 24.6 Å². The molecule has 0 spiro atoms. The van der Waals surface area contributed by atoms with Gasteiger partial charge in [0.1, 0.15) is 6.26 Å². The fourth-order valence-electron chi connectivity index (χ4n) is 2.85. The number of aromatic nitrogens is 1. The van der Waals surface area contributed by atoms with Crippen LogP contribution < -0.4 is 10.9 Å². The highest BCUT2D eigenvalue weighted by molar-refractivity contribution is 5.19. The van der Waals surface area contributed by atoms with Gasteiger partial charge in [-0.2, -0.15) is 4.74 Å². The van der Waals surface area contributed by atoms with Crippen molar-refractivity contribution in [2.75, 3.05) is 6.54 Å². The van der Waals surface area contributed by atoms with Crippen molar-refractivity contribution in [1.29, 1.82) is 0 Å². The van der Waals surface area contributed by atoms with Crippen LogP contribution in [0.3, 0.4) is 0 Å². The van der Waals surface area contributed by atoms with Crippen molar-refractivity contribution >= 4 is 0 Å². The Bertz CT molecular complexity index is 680. The van der Waals surface area contributed by atoms with Gasteiger partial charge < -0.3 is 9.84 Å². The molecule has 1 fully saturated rings. The minimum atomic E-state index is -0.838. The second-order valence-electron chi connectivity index (χ2n) is 5.35. The molecule has 2 aromatic rings. The van der Waals surface area contributed by atoms with E-state index in [1.54, 1.807) is 6.07 Å². The molecular weight excluding hydrogens is 278 g/mol. The zero-order valence-corrected chi connectivity index (χ0v) is 11.4. The van der Waals surface area contributed by atoms with Gasteiger partial charge in [-0.15, -0.1) is 0 Å². The van der Waals surface area contributed by atoms with Crippen LogP contribution in [0.2, 0.25) is 0 Å². The highest BCUT2D eigenvalue weighted by atomic mass is 19.2. The molecule has 112 valence electrons. The van der Waals surface area contributed by atoms with Gasteiger partial charge in [0.15, 0.2) is 11.6 Å². The Balaban J connectivity index is 1.70. The molecule has 1 saturated heterocycles. The average molecular weight is 294 g/mol. The maximum Gasteiger partial charge on any atom is 0.282 e. The summed E-state index contributed by atoms with van der Waals surface area (Å²) < 4.78 is 32.8. The van der Waals surface area contributed by atoms with Crippen molar-refractivity contribution in [2.24, 2.45) is 0 Å². The van der Waals surface area contributed by atoms with Crippen LogP contribution in [0, 0.1) is 11.6 Å². The minimum absolute atomic E-state index is 0.00375. The molecule has 1 aromatic carbocycles. The Morgan fingerprint density at radius 2 is 2.14 bits per heavy atom. The van der Waals surface area contributed by atoms with Gasteiger partial charge in [0.25, 0.3) is 5.56 Å². The molecule has 1 aliphatic rings. The van der Waals surface area contributed by atoms with E-state index >= 15 is 0 Å². The number of hydrogen-bond acceptors (Lipinski definition) is 3. The zero-order chi connectivity index (χ0) is 14.8. The van der Waals surface area contributed by atoms with Gasteiger partial charge in [-0.25, -0.2) is 8.78 Å². The van der Waals surface area contributed by atoms with Crippen molar-refractivity contribution in [3.8, 4) is 0 Å². The second-order valence-corrected chi connectivity index (χ2v) is 5.35. The molecule has 1 aromatic heterocycles. The molecule has 2 heterocycles. The first-order valence-corrected chi connectivity index (χ1v) is 6.97. The third kappa shape index (κ3) is 3.05. The number of halogens is 2. The van der Waals surface area contributed by atoms with Crippen LogP contribution in [-0.2, 0) is 6.42 Å². The molecule has 4 nitrogen and oxygen atoms in total. The fourth-order valence-corrected chi connectivity index (χ4v) is 2.85. The number of nitrogens with one attached hydrogen (secondary N) is 1. The van der Waals surface area contributed by atoms with E-state index in [0.29, 0.717) is 12.8 Å². The van der Waals surface area contributed by atoms with Crippen LogP contribution in [0.5, 0.6) is 0 Å². The van der Waals surface area contributed by atoms with E-state index in [4.69, 9.17) is 4.52 Å². The van der Waals surface area contributed by atoms with Crippen LogP contribution in [0.4, 0.5) is 8.78 Å². The average Bonchev–Trinajstić information content (AvgIpc) is 2.89. The molecule has 0 bridgehead atoms. The minimum Gasteiger partial charge on any atom is -0.384 e. The van der Waals surface area contributed by atoms with Gasteiger partial charge in [0, 0.05) is 12.1 Å². The van der Waals surface area contributed by atoms with Crippen LogP contribution in [0.25, 0.3) is 0 Å². The SMILES string of the molecule is O=c1ccon1[C@@H]1CCN[C@@H](Cc2ccc(F)c(F)c2)C1. The molecule has 1 aliphatic heterocycles. The summed E-state index contributed by atoms with van der Waals surface area (Å²) in [7, 11) is 0. The standard InChI is InChI=1S/C15H16F2N2O2/c16-13-2-1-10(8-14(13)17)7-11-9-12(3-5-18-11)19-15(20)4-6-21-19/h1-2,4,6,8,11-12,18H,3,5,7,9H2/t11-,12+/m0/s1. The third-order valence-electron chi connectivity index (χ3n) is 3.87. The maximum absolute atomic E-state index is 13.2. The van der Waals surface area contributed by atoms with Crippen molar-refractivity contribution in [2.45, 2.75) is 31.3 Å². The lowest BCUT2D eigenvalue weighted by atomic mass is 9.94. The molecule has 0 aliphatic carbocycles. The van der Waals surface area contributed by atoms with Crippen LogP contribution in [0.15, 0.2) is 39.8 Å². The fraction of sp³-hybridized carbons (Fsp3) is 0.400. The molecule has 0 radical (unpaired) electrons. The number of benzene rings is 1. The highest BCUT2D eigenvalue weighted by Gasteiger charge is 2.25. The molecule has 0 amide bonds. The van der Waals surface area contributed by atoms with Crippen LogP contribution >= 0.6 is 0 Å². The van der Waals surface area contributed by atoms with Gasteiger partial charge in [-0.3, -0.25) is 4.79 Å². The predicted molar refractivity (Wildman–Crippen MR) is 73.1 cm³/mol. The first-order chi connectivity index (χ1) is 10.1. The lowest BCUT2D eigenvalue weighted by molar-refractivity contribution is 0.161. The first-order valence-electron chi connectivity index (χ1n) is 6.97. The molecule has 0 saturated carbocycles. The monoisotopic (exact) mass is 294 g/mol. The quantitative estimate of drug-likeness (QED) is 0.944. The molecule has 2 atom stereocenters. The van der Waals surface area contributed by atoms with E-state index < -0.39 is 11.6 Å². The van der Waals surface area contributed by atoms with Crippen LogP contribution in [-0.4, -0.2) is 17.3 Å². The molecule has 1 N–H and O–H groups in total. The lowest BCUT2D eigenvalue weighted by Gasteiger charge is -2.29. The largest absolute Gasteiger partial charge is 0.384 e. The Labute approximate surface area is 120 Å². The molecular formula is C15H16F2N2O2. The molecule has 21 heavy (non-hydrogen) atoms. The smallest absolute Gasteiger partial charge is 0.282 e. The molecule has 0 unspecified atom stereocenters. The molecule has 6 heteroatoms. The molecule has 3 rings (SSSR count). The predicted octanol–water partition coefficient (Wildman–Crippen LogP) is 2.26. The summed E-state index contributed by atoms with van der Waals surface area (Å²) in [5.41, 5.74) is 0.590. The van der Waals surface area contributed by atoms with Crippen molar-refractivity contribution < 1.29 is 13.3 Å². The Morgan fingerprint density at radius 1 is 1.29 bits per heavy atom. The maximum atomic E-state index is 13.2. The highest BCUT2D eigenvalue weighted by Crippen LogP contribution is 2.23. The lowest BCUT2D eigenvalue weighted by Crippen LogP contribution is -2.41. The summed E-state index contributed by atoms with van der Waals surface area (Å²) in [4.78, 5) is 11.6. The van der Waals surface area contributed by atoms with E-state index in [1.165, 1.54) is 23.1 Å². The summed E-state index contributed by atoms with van der Waals surface area (Å²) in [6.45, 7) is 0.756. The van der Waals surface area contributed by atoms with E-state index in [1.807, 2.05) is 0 Å². The number of rotatable bonds is 3. The van der Waals surface area contributed by atoms with Crippen molar-refractivity contribution in [3.63, 3.8) is 0 Å². The number of hydrogen-bond donors (Lipinski definition) is 1. The zero-order valence-electron chi connectivity index (χ0n) is 11.4. The normalized spacial score (nSPS) is 22.4. The van der Waals surface area contributed by atoms with Crippen molar-refractivity contribution in [1.82, 2.24) is 10.1 Å². The summed E-state index contributed by atoms with van der Waals surface area (Å²) in [6.07, 6.45) is 3.49. The Kier molecular flexibility index (Phi) is 3.88. The van der Waals surface area contributed by atoms with Gasteiger partial charge in [-0.1, -0.05) is 6.07 Å². The van der Waals surface area contributed by atoms with E-state index in [2.05, 4.69) is 5.32 Å². The Morgan fingerprint density at radius 3 is 2.86 bits per heavy atom. The summed E-state index contributed by atoms with van der Waals surface area (Å²) >= 11 is 0. The topological polar surface area (TPSA) is 47.2 Å². The van der Waals surface area contributed by atoms with E-state index in [9.17, 15) is 13.6 Å². The summed E-state index contributed by atoms with van der Waals surface area (Å²) in [5, 5.41) is 3.34. The Hall–Kier alpha value is -1.95. The first kappa shape index (κ1) is 14.0. The third-order valence-corrected chi connectivity index (χ3v) is 3.87. The van der Waals surface area contributed by atoms with E-state index in [-0.39, 0.29) is 17.6 Å². The van der Waals surface area contributed by atoms with Gasteiger partial charge in [-0.05, 0) is 43.5 Å². The van der Waals surface area contributed by atoms with Crippen molar-refractivity contribution in [3.05, 3.63) is 58.1 Å². The summed E-state index contributed by atoms with van der Waals surface area (Å²) in [5.74, 6) is -1.67. The summed E-state index contributed by atoms with van der Waals surface area (Å²) in [6, 6.07) is 5.45. The number of piperidine rings is 1. The van der Waals surface area contributed by atoms with Gasteiger partial charge in [0.05, 0.1) is 6.04 Å².